The maximum Gasteiger partial charge on any atom is 0.145 e. The lowest BCUT2D eigenvalue weighted by Crippen LogP contribution is -2.11. The molecule has 0 fully saturated rings. The number of ether oxygens (including phenoxy) is 1. The van der Waals surface area contributed by atoms with Gasteiger partial charge in [-0.25, -0.2) is 0 Å². The molecule has 0 spiro atoms. The zero-order valence-corrected chi connectivity index (χ0v) is 18.4. The van der Waals surface area contributed by atoms with Crippen LogP contribution in [0, 0.1) is 0 Å². The lowest BCUT2D eigenvalue weighted by atomic mass is 10.1. The van der Waals surface area contributed by atoms with E-state index in [1.165, 1.54) is 5.52 Å². The van der Waals surface area contributed by atoms with Crippen LogP contribution >= 0.6 is 20.3 Å². The van der Waals surface area contributed by atoms with Crippen molar-refractivity contribution < 1.29 is 4.74 Å². The molecule has 0 aliphatic carbocycles. The van der Waals surface area contributed by atoms with Gasteiger partial charge in [0.25, 0.3) is 0 Å². The molecule has 6 heteroatoms. The highest BCUT2D eigenvalue weighted by Crippen LogP contribution is 2.42. The van der Waals surface area contributed by atoms with Crippen LogP contribution in [-0.2, 0) is 0 Å². The van der Waals surface area contributed by atoms with Gasteiger partial charge in [-0.3, -0.25) is 0 Å². The molecule has 0 saturated heterocycles. The smallest absolute Gasteiger partial charge is 0.145 e. The average molecular weight is 426 g/mol. The first-order valence-electron chi connectivity index (χ1n) is 9.76. The van der Waals surface area contributed by atoms with E-state index in [1.807, 2.05) is 37.4 Å². The number of rotatable bonds is 8. The normalized spacial score (nSPS) is 11.7. The number of nitrogens with zero attached hydrogens (tertiary/aromatic N) is 1. The zero-order chi connectivity index (χ0) is 20.2. The van der Waals surface area contributed by atoms with E-state index in [0.717, 1.165) is 51.4 Å². The molecule has 4 nitrogen and oxygen atoms in total. The Morgan fingerprint density at radius 1 is 1.00 bits per heavy atom. The molecular weight excluding hydrogens is 401 g/mol. The van der Waals surface area contributed by atoms with Crippen molar-refractivity contribution in [3.63, 3.8) is 0 Å². The summed E-state index contributed by atoms with van der Waals surface area (Å²) in [6.07, 6.45) is 0.953. The molecule has 29 heavy (non-hydrogen) atoms. The summed E-state index contributed by atoms with van der Waals surface area (Å²) in [7, 11) is 2.55. The van der Waals surface area contributed by atoms with Crippen molar-refractivity contribution in [3.05, 3.63) is 65.7 Å². The molecule has 1 atom stereocenters. The monoisotopic (exact) mass is 425 g/mol. The van der Waals surface area contributed by atoms with Gasteiger partial charge in [-0.2, -0.15) is 0 Å². The Bertz CT molecular complexity index is 1130. The molecule has 0 aliphatic heterocycles. The summed E-state index contributed by atoms with van der Waals surface area (Å²) in [6, 6.07) is 20.6. The minimum Gasteiger partial charge on any atom is -0.491 e. The van der Waals surface area contributed by atoms with Gasteiger partial charge in [-0.15, -0.1) is 0 Å². The second-order valence-corrected chi connectivity index (χ2v) is 8.22. The molecule has 0 aliphatic rings. The lowest BCUT2D eigenvalue weighted by Gasteiger charge is -2.14. The molecule has 2 N–H and O–H groups in total. The number of aromatic nitrogens is 1. The van der Waals surface area contributed by atoms with Crippen LogP contribution in [0.5, 0.6) is 5.75 Å². The number of benzene rings is 3. The van der Waals surface area contributed by atoms with Crippen molar-refractivity contribution in [2.45, 2.75) is 6.42 Å². The van der Waals surface area contributed by atoms with Crippen LogP contribution in [0.4, 0.5) is 11.4 Å². The summed E-state index contributed by atoms with van der Waals surface area (Å²) in [6.45, 7) is 3.79. The van der Waals surface area contributed by atoms with E-state index in [1.54, 1.807) is 0 Å². The predicted octanol–water partition coefficient (Wildman–Crippen LogP) is 6.25. The van der Waals surface area contributed by atoms with Gasteiger partial charge in [-0.1, -0.05) is 29.8 Å². The molecule has 0 bridgehead atoms. The third-order valence-corrected chi connectivity index (χ3v) is 6.05. The molecule has 150 valence electrons. The van der Waals surface area contributed by atoms with E-state index in [-0.39, 0.29) is 0 Å². The maximum absolute atomic E-state index is 6.34. The number of halogens is 1. The minimum absolute atomic E-state index is 0.592. The van der Waals surface area contributed by atoms with Crippen molar-refractivity contribution in [2.24, 2.45) is 0 Å². The predicted molar refractivity (Wildman–Crippen MR) is 128 cm³/mol. The van der Waals surface area contributed by atoms with E-state index in [9.17, 15) is 0 Å². The van der Waals surface area contributed by atoms with Crippen LogP contribution in [0.25, 0.3) is 21.8 Å². The van der Waals surface area contributed by atoms with Crippen LogP contribution < -0.4 is 15.4 Å². The van der Waals surface area contributed by atoms with Crippen molar-refractivity contribution >= 4 is 53.5 Å². The third kappa shape index (κ3) is 4.20. The molecule has 0 amide bonds. The Labute approximate surface area is 178 Å². The van der Waals surface area contributed by atoms with E-state index in [2.05, 4.69) is 52.0 Å². The van der Waals surface area contributed by atoms with Crippen molar-refractivity contribution in [1.82, 2.24) is 9.65 Å². The fourth-order valence-corrected chi connectivity index (χ4v) is 4.68. The summed E-state index contributed by atoms with van der Waals surface area (Å²) in [4.78, 5) is 0. The highest BCUT2D eigenvalue weighted by Gasteiger charge is 2.16. The Morgan fingerprint density at radius 2 is 1.83 bits per heavy atom. The van der Waals surface area contributed by atoms with Crippen molar-refractivity contribution in [1.29, 1.82) is 0 Å². The number of fused-ring (bicyclic) bond motifs is 3. The molecule has 4 aromatic rings. The SMILES string of the molecule is CNCCCOc1cc(Nc2ccccc2)cc2c3cc(Cl)ccc3n(PC)c12. The van der Waals surface area contributed by atoms with Crippen LogP contribution in [0.15, 0.2) is 60.7 Å². The van der Waals surface area contributed by atoms with Gasteiger partial charge < -0.3 is 19.7 Å². The lowest BCUT2D eigenvalue weighted by molar-refractivity contribution is 0.313. The average Bonchev–Trinajstić information content (AvgIpc) is 3.05. The van der Waals surface area contributed by atoms with Gasteiger partial charge in [0.2, 0.25) is 0 Å². The zero-order valence-electron chi connectivity index (χ0n) is 16.6. The number of nitrogens with one attached hydrogen (secondary N) is 2. The number of para-hydroxylation sites is 1. The van der Waals surface area contributed by atoms with Crippen molar-refractivity contribution in [2.75, 3.05) is 32.2 Å². The third-order valence-electron chi connectivity index (χ3n) is 4.90. The van der Waals surface area contributed by atoms with E-state index < -0.39 is 0 Å². The minimum atomic E-state index is 0.592. The number of hydrogen-bond donors (Lipinski definition) is 2. The first kappa shape index (κ1) is 20.0. The van der Waals surface area contributed by atoms with Gasteiger partial charge in [-0.05, 0) is 71.8 Å². The summed E-state index contributed by atoms with van der Waals surface area (Å²) < 4.78 is 8.61. The second kappa shape index (κ2) is 9.04. The quantitative estimate of drug-likeness (QED) is 0.259. The number of hydrogen-bond acceptors (Lipinski definition) is 3. The molecule has 3 aromatic carbocycles. The largest absolute Gasteiger partial charge is 0.491 e. The summed E-state index contributed by atoms with van der Waals surface area (Å²) >= 11 is 6.34. The molecule has 0 radical (unpaired) electrons. The standard InChI is InChI=1S/C23H25ClN3OP/c1-25-11-6-12-28-22-15-18(26-17-7-4-3-5-8-17)14-20-19-13-16(24)9-10-21(19)27(29-2)23(20)22/h3-5,7-10,13-15,25-26,29H,6,11-12H2,1-2H3. The molecule has 0 saturated carbocycles. The van der Waals surface area contributed by atoms with Gasteiger partial charge in [0.1, 0.15) is 5.75 Å². The Hall–Kier alpha value is -2.26. The van der Waals surface area contributed by atoms with Crippen LogP contribution in [0.2, 0.25) is 5.02 Å². The van der Waals surface area contributed by atoms with Crippen LogP contribution in [0.1, 0.15) is 6.42 Å². The van der Waals surface area contributed by atoms with Gasteiger partial charge in [0.15, 0.2) is 0 Å². The van der Waals surface area contributed by atoms with Crippen LogP contribution in [0.3, 0.4) is 0 Å². The van der Waals surface area contributed by atoms with Gasteiger partial charge >= 0.3 is 0 Å². The topological polar surface area (TPSA) is 38.2 Å². The van der Waals surface area contributed by atoms with Gasteiger partial charge in [0, 0.05) is 33.2 Å². The first-order chi connectivity index (χ1) is 14.2. The second-order valence-electron chi connectivity index (χ2n) is 6.89. The fraction of sp³-hybridized carbons (Fsp3) is 0.217. The molecular formula is C23H25ClN3OP. The van der Waals surface area contributed by atoms with E-state index in [0.29, 0.717) is 15.3 Å². The maximum atomic E-state index is 6.34. The highest BCUT2D eigenvalue weighted by molar-refractivity contribution is 7.35. The van der Waals surface area contributed by atoms with E-state index >= 15 is 0 Å². The number of anilines is 2. The summed E-state index contributed by atoms with van der Waals surface area (Å²) in [5.74, 6) is 0.902. The highest BCUT2D eigenvalue weighted by atomic mass is 35.5. The first-order valence-corrected chi connectivity index (χ1v) is 11.6. The Balaban J connectivity index is 1.86. The molecule has 1 heterocycles. The molecule has 1 unspecified atom stereocenters. The molecule has 4 rings (SSSR count). The Morgan fingerprint density at radius 3 is 2.59 bits per heavy atom. The fourth-order valence-electron chi connectivity index (χ4n) is 3.62. The van der Waals surface area contributed by atoms with E-state index in [4.69, 9.17) is 16.3 Å². The summed E-state index contributed by atoms with van der Waals surface area (Å²) in [5.41, 5.74) is 4.37. The van der Waals surface area contributed by atoms with Crippen molar-refractivity contribution in [3.8, 4) is 5.75 Å². The summed E-state index contributed by atoms with van der Waals surface area (Å²) in [5, 5.41) is 9.74. The van der Waals surface area contributed by atoms with Crippen LogP contribution in [-0.4, -0.2) is 31.2 Å². The van der Waals surface area contributed by atoms with Gasteiger partial charge in [0.05, 0.1) is 17.6 Å². The molecule has 1 aromatic heterocycles. The Kier molecular flexibility index (Phi) is 6.25.